The number of aliphatic hydroxyl groups excluding tert-OH is 1. The van der Waals surface area contributed by atoms with E-state index in [1.165, 1.54) is 0 Å². The molecule has 0 amide bonds. The summed E-state index contributed by atoms with van der Waals surface area (Å²) in [5.74, 6) is 2.47. The molecule has 0 aromatic rings. The van der Waals surface area contributed by atoms with Crippen LogP contribution in [0.5, 0.6) is 0 Å². The van der Waals surface area contributed by atoms with Crippen LogP contribution in [0, 0.1) is 12.3 Å². The Balaban J connectivity index is 2.39. The average Bonchev–Trinajstić information content (AvgIpc) is 2.49. The zero-order chi connectivity index (χ0) is 9.03. The first-order chi connectivity index (χ1) is 5.69. The molecule has 2 N–H and O–H groups in total. The lowest BCUT2D eigenvalue weighted by Gasteiger charge is -2.27. The molecule has 1 aliphatic rings. The maximum Gasteiger partial charge on any atom is 0.0905 e. The molecule has 0 aromatic carbocycles. The van der Waals surface area contributed by atoms with Crippen LogP contribution >= 0.6 is 0 Å². The third-order valence-corrected chi connectivity index (χ3v) is 2.65. The summed E-state index contributed by atoms with van der Waals surface area (Å²) in [7, 11) is 0. The SMILES string of the molecule is C#CCCC(O)C1(O)CCCC1. The Labute approximate surface area is 73.6 Å². The van der Waals surface area contributed by atoms with Crippen LogP contribution in [-0.4, -0.2) is 21.9 Å². The van der Waals surface area contributed by atoms with E-state index in [0.717, 1.165) is 25.7 Å². The second-order valence-electron chi connectivity index (χ2n) is 3.57. The third kappa shape index (κ3) is 2.00. The molecular formula is C10H16O2. The topological polar surface area (TPSA) is 40.5 Å². The monoisotopic (exact) mass is 168 g/mol. The second-order valence-corrected chi connectivity index (χ2v) is 3.57. The van der Waals surface area contributed by atoms with E-state index in [2.05, 4.69) is 5.92 Å². The van der Waals surface area contributed by atoms with Gasteiger partial charge in [-0.15, -0.1) is 12.3 Å². The molecule has 1 saturated carbocycles. The van der Waals surface area contributed by atoms with Crippen molar-refractivity contribution in [2.45, 2.75) is 50.2 Å². The van der Waals surface area contributed by atoms with Gasteiger partial charge >= 0.3 is 0 Å². The van der Waals surface area contributed by atoms with E-state index < -0.39 is 11.7 Å². The van der Waals surface area contributed by atoms with E-state index in [9.17, 15) is 10.2 Å². The Morgan fingerprint density at radius 3 is 2.50 bits per heavy atom. The Bertz CT molecular complexity index is 175. The standard InChI is InChI=1S/C10H16O2/c1-2-3-6-9(11)10(12)7-4-5-8-10/h1,9,11-12H,3-8H2. The number of terminal acetylenes is 1. The normalized spacial score (nSPS) is 23.4. The van der Waals surface area contributed by atoms with E-state index in [1.807, 2.05) is 0 Å². The van der Waals surface area contributed by atoms with Crippen molar-refractivity contribution >= 4 is 0 Å². The Morgan fingerprint density at radius 1 is 1.42 bits per heavy atom. The molecule has 2 nitrogen and oxygen atoms in total. The predicted octanol–water partition coefficient (Wildman–Crippen LogP) is 1.07. The van der Waals surface area contributed by atoms with Gasteiger partial charge in [-0.25, -0.2) is 0 Å². The van der Waals surface area contributed by atoms with E-state index in [4.69, 9.17) is 6.42 Å². The van der Waals surface area contributed by atoms with Gasteiger partial charge in [-0.05, 0) is 19.3 Å². The fraction of sp³-hybridized carbons (Fsp3) is 0.800. The first kappa shape index (κ1) is 9.57. The molecular weight excluding hydrogens is 152 g/mol. The minimum atomic E-state index is -0.836. The van der Waals surface area contributed by atoms with Crippen LogP contribution in [0.1, 0.15) is 38.5 Å². The van der Waals surface area contributed by atoms with Crippen molar-refractivity contribution in [2.24, 2.45) is 0 Å². The molecule has 0 aromatic heterocycles. The van der Waals surface area contributed by atoms with Gasteiger partial charge in [-0.2, -0.15) is 0 Å². The molecule has 1 atom stereocenters. The molecule has 0 radical (unpaired) electrons. The lowest BCUT2D eigenvalue weighted by atomic mass is 9.92. The van der Waals surface area contributed by atoms with Gasteiger partial charge in [0.1, 0.15) is 0 Å². The molecule has 1 unspecified atom stereocenters. The van der Waals surface area contributed by atoms with Crippen LogP contribution in [0.4, 0.5) is 0 Å². The lowest BCUT2D eigenvalue weighted by Crippen LogP contribution is -2.39. The molecule has 1 fully saturated rings. The van der Waals surface area contributed by atoms with Crippen LogP contribution in [0.25, 0.3) is 0 Å². The van der Waals surface area contributed by atoms with Crippen LogP contribution in [0.2, 0.25) is 0 Å². The number of hydrogen-bond donors (Lipinski definition) is 2. The van der Waals surface area contributed by atoms with Crippen LogP contribution in [0.3, 0.4) is 0 Å². The summed E-state index contributed by atoms with van der Waals surface area (Å²) in [6, 6.07) is 0. The quantitative estimate of drug-likeness (QED) is 0.619. The van der Waals surface area contributed by atoms with Crippen molar-refractivity contribution in [1.82, 2.24) is 0 Å². The van der Waals surface area contributed by atoms with E-state index in [-0.39, 0.29) is 0 Å². The van der Waals surface area contributed by atoms with Gasteiger partial charge in [0.15, 0.2) is 0 Å². The van der Waals surface area contributed by atoms with Gasteiger partial charge in [0, 0.05) is 6.42 Å². The first-order valence-electron chi connectivity index (χ1n) is 4.53. The fourth-order valence-electron chi connectivity index (χ4n) is 1.81. The highest BCUT2D eigenvalue weighted by atomic mass is 16.3. The molecule has 12 heavy (non-hydrogen) atoms. The molecule has 0 heterocycles. The highest BCUT2D eigenvalue weighted by molar-refractivity contribution is 4.93. The summed E-state index contributed by atoms with van der Waals surface area (Å²) in [6.07, 6.45) is 8.99. The van der Waals surface area contributed by atoms with Gasteiger partial charge in [0.05, 0.1) is 11.7 Å². The molecule has 68 valence electrons. The third-order valence-electron chi connectivity index (χ3n) is 2.65. The van der Waals surface area contributed by atoms with E-state index in [1.54, 1.807) is 0 Å². The van der Waals surface area contributed by atoms with Gasteiger partial charge in [-0.3, -0.25) is 0 Å². The first-order valence-corrected chi connectivity index (χ1v) is 4.53. The smallest absolute Gasteiger partial charge is 0.0905 e. The van der Waals surface area contributed by atoms with E-state index >= 15 is 0 Å². The Kier molecular flexibility index (Phi) is 3.13. The second kappa shape index (κ2) is 3.93. The molecule has 0 spiro atoms. The van der Waals surface area contributed by atoms with Crippen LogP contribution < -0.4 is 0 Å². The van der Waals surface area contributed by atoms with Gasteiger partial charge < -0.3 is 10.2 Å². The molecule has 0 aliphatic heterocycles. The summed E-state index contributed by atoms with van der Waals surface area (Å²) in [5, 5.41) is 19.5. The summed E-state index contributed by atoms with van der Waals surface area (Å²) >= 11 is 0. The number of hydrogen-bond acceptors (Lipinski definition) is 2. The zero-order valence-corrected chi connectivity index (χ0v) is 7.29. The maximum absolute atomic E-state index is 9.87. The lowest BCUT2D eigenvalue weighted by molar-refractivity contribution is -0.0721. The summed E-state index contributed by atoms with van der Waals surface area (Å²) in [4.78, 5) is 0. The average molecular weight is 168 g/mol. The molecule has 1 rings (SSSR count). The summed E-state index contributed by atoms with van der Waals surface area (Å²) in [5.41, 5.74) is -0.836. The summed E-state index contributed by atoms with van der Waals surface area (Å²) in [6.45, 7) is 0. The van der Waals surface area contributed by atoms with Gasteiger partial charge in [0.25, 0.3) is 0 Å². The van der Waals surface area contributed by atoms with Crippen LogP contribution in [0.15, 0.2) is 0 Å². The Morgan fingerprint density at radius 2 is 2.00 bits per heavy atom. The summed E-state index contributed by atoms with van der Waals surface area (Å²) < 4.78 is 0. The van der Waals surface area contributed by atoms with Gasteiger partial charge in [-0.1, -0.05) is 12.8 Å². The van der Waals surface area contributed by atoms with Crippen molar-refractivity contribution in [3.8, 4) is 12.3 Å². The minimum Gasteiger partial charge on any atom is -0.390 e. The van der Waals surface area contributed by atoms with Crippen molar-refractivity contribution in [3.05, 3.63) is 0 Å². The van der Waals surface area contributed by atoms with E-state index in [0.29, 0.717) is 12.8 Å². The fourth-order valence-corrected chi connectivity index (χ4v) is 1.81. The highest BCUT2D eigenvalue weighted by Crippen LogP contribution is 2.33. The highest BCUT2D eigenvalue weighted by Gasteiger charge is 2.37. The van der Waals surface area contributed by atoms with Crippen molar-refractivity contribution < 1.29 is 10.2 Å². The molecule has 0 saturated heterocycles. The maximum atomic E-state index is 9.87. The molecule has 1 aliphatic carbocycles. The van der Waals surface area contributed by atoms with Crippen LogP contribution in [-0.2, 0) is 0 Å². The minimum absolute atomic E-state index is 0.521. The van der Waals surface area contributed by atoms with Crippen molar-refractivity contribution in [1.29, 1.82) is 0 Å². The molecule has 0 bridgehead atoms. The Hall–Kier alpha value is -0.520. The zero-order valence-electron chi connectivity index (χ0n) is 7.29. The van der Waals surface area contributed by atoms with Crippen molar-refractivity contribution in [2.75, 3.05) is 0 Å². The van der Waals surface area contributed by atoms with Crippen molar-refractivity contribution in [3.63, 3.8) is 0 Å². The number of aliphatic hydroxyl groups is 2. The molecule has 2 heteroatoms. The number of rotatable bonds is 3. The largest absolute Gasteiger partial charge is 0.390 e. The predicted molar refractivity (Wildman–Crippen MR) is 47.5 cm³/mol. The van der Waals surface area contributed by atoms with Gasteiger partial charge in [0.2, 0.25) is 0 Å².